The number of unbranched alkanes of at least 4 members (excludes halogenated alkanes) is 25. The summed E-state index contributed by atoms with van der Waals surface area (Å²) >= 11 is 0. The summed E-state index contributed by atoms with van der Waals surface area (Å²) < 4.78 is 16.8. The third kappa shape index (κ3) is 58.8. The number of ether oxygens (including phenoxy) is 3. The molecule has 0 rings (SSSR count). The summed E-state index contributed by atoms with van der Waals surface area (Å²) in [5.41, 5.74) is 0. The Hall–Kier alpha value is -3.93. The van der Waals surface area contributed by atoms with Gasteiger partial charge in [0.15, 0.2) is 6.10 Å². The van der Waals surface area contributed by atoms with Crippen LogP contribution in [-0.2, 0) is 28.6 Å². The summed E-state index contributed by atoms with van der Waals surface area (Å²) in [6, 6.07) is 0. The lowest BCUT2D eigenvalue weighted by Gasteiger charge is -2.18. The topological polar surface area (TPSA) is 78.9 Å². The van der Waals surface area contributed by atoms with Gasteiger partial charge in [-0.05, 0) is 109 Å². The summed E-state index contributed by atoms with van der Waals surface area (Å²) in [5, 5.41) is 0. The van der Waals surface area contributed by atoms with E-state index in [9.17, 15) is 14.4 Å². The first-order chi connectivity index (χ1) is 36.0. The van der Waals surface area contributed by atoms with Crippen LogP contribution in [0.25, 0.3) is 0 Å². The minimum absolute atomic E-state index is 0.0862. The molecule has 0 amide bonds. The fourth-order valence-corrected chi connectivity index (χ4v) is 8.22. The highest BCUT2D eigenvalue weighted by atomic mass is 16.6. The third-order valence-electron chi connectivity index (χ3n) is 12.8. The molecule has 73 heavy (non-hydrogen) atoms. The molecule has 0 aromatic rings. The van der Waals surface area contributed by atoms with Gasteiger partial charge in [-0.2, -0.15) is 0 Å². The zero-order chi connectivity index (χ0) is 52.9. The summed E-state index contributed by atoms with van der Waals surface area (Å²) in [4.78, 5) is 38.0. The minimum Gasteiger partial charge on any atom is -0.462 e. The van der Waals surface area contributed by atoms with Crippen molar-refractivity contribution in [2.75, 3.05) is 13.2 Å². The molecule has 0 saturated carbocycles. The molecule has 6 heteroatoms. The molecule has 0 heterocycles. The first kappa shape index (κ1) is 69.1. The van der Waals surface area contributed by atoms with E-state index in [0.29, 0.717) is 19.3 Å². The molecule has 1 unspecified atom stereocenters. The van der Waals surface area contributed by atoms with Gasteiger partial charge >= 0.3 is 17.9 Å². The van der Waals surface area contributed by atoms with Gasteiger partial charge in [-0.1, -0.05) is 259 Å². The second-order valence-corrected chi connectivity index (χ2v) is 19.9. The molecule has 6 nitrogen and oxygen atoms in total. The lowest BCUT2D eigenvalue weighted by Crippen LogP contribution is -2.30. The summed E-state index contributed by atoms with van der Waals surface area (Å²) in [5.74, 6) is -0.912. The van der Waals surface area contributed by atoms with E-state index in [0.717, 1.165) is 128 Å². The number of rotatable bonds is 54. The van der Waals surface area contributed by atoms with Crippen LogP contribution in [0, 0.1) is 0 Å². The molecule has 416 valence electrons. The Morgan fingerprint density at radius 2 is 0.534 bits per heavy atom. The maximum Gasteiger partial charge on any atom is 0.306 e. The van der Waals surface area contributed by atoms with Crippen molar-refractivity contribution in [1.29, 1.82) is 0 Å². The fraction of sp³-hybridized carbons (Fsp3) is 0.687. The van der Waals surface area contributed by atoms with Crippen molar-refractivity contribution in [1.82, 2.24) is 0 Å². The highest BCUT2D eigenvalue weighted by Crippen LogP contribution is 2.15. The van der Waals surface area contributed by atoms with Crippen LogP contribution in [0.4, 0.5) is 0 Å². The SMILES string of the molecule is CC/C=C\C/C=C\C/C=C\C/C=C\C/C=C\C/C=C\CCCCCCCCCCC(=O)OCC(COC(=O)CCCCCCCCC)OC(=O)CCCCCCCC/C=C\C/C=C\C/C=C\CCCCCCC. The van der Waals surface area contributed by atoms with E-state index >= 15 is 0 Å². The van der Waals surface area contributed by atoms with Crippen LogP contribution in [0.1, 0.15) is 278 Å². The molecule has 0 aliphatic heterocycles. The Morgan fingerprint density at radius 1 is 0.288 bits per heavy atom. The first-order valence-corrected chi connectivity index (χ1v) is 30.4. The number of hydrogen-bond donors (Lipinski definition) is 0. The smallest absolute Gasteiger partial charge is 0.306 e. The van der Waals surface area contributed by atoms with Crippen molar-refractivity contribution in [3.05, 3.63) is 109 Å². The molecule has 0 aliphatic rings. The highest BCUT2D eigenvalue weighted by Gasteiger charge is 2.19. The van der Waals surface area contributed by atoms with E-state index < -0.39 is 6.10 Å². The number of esters is 3. The molecule has 0 saturated heterocycles. The molecule has 0 aromatic heterocycles. The van der Waals surface area contributed by atoms with E-state index in [1.807, 2.05) is 0 Å². The van der Waals surface area contributed by atoms with Crippen LogP contribution in [0.2, 0.25) is 0 Å². The molecule has 1 atom stereocenters. The van der Waals surface area contributed by atoms with Gasteiger partial charge < -0.3 is 14.2 Å². The minimum atomic E-state index is -0.788. The van der Waals surface area contributed by atoms with Crippen molar-refractivity contribution in [2.45, 2.75) is 284 Å². The van der Waals surface area contributed by atoms with Gasteiger partial charge in [0, 0.05) is 19.3 Å². The maximum atomic E-state index is 12.8. The molecule has 0 radical (unpaired) electrons. The van der Waals surface area contributed by atoms with E-state index in [2.05, 4.69) is 130 Å². The second-order valence-electron chi connectivity index (χ2n) is 19.9. The van der Waals surface area contributed by atoms with E-state index in [1.54, 1.807) is 0 Å². The van der Waals surface area contributed by atoms with Crippen molar-refractivity contribution in [3.63, 3.8) is 0 Å². The number of carbonyl (C=O) groups is 3. The van der Waals surface area contributed by atoms with Gasteiger partial charge in [-0.3, -0.25) is 14.4 Å². The Morgan fingerprint density at radius 3 is 0.836 bits per heavy atom. The quantitative estimate of drug-likeness (QED) is 0.0261. The Balaban J connectivity index is 4.23. The summed E-state index contributed by atoms with van der Waals surface area (Å²) in [7, 11) is 0. The second kappa shape index (κ2) is 60.6. The van der Waals surface area contributed by atoms with Gasteiger partial charge in [0.25, 0.3) is 0 Å². The first-order valence-electron chi connectivity index (χ1n) is 30.4. The maximum absolute atomic E-state index is 12.8. The summed E-state index contributed by atoms with van der Waals surface area (Å²) in [6.07, 6.45) is 82.5. The zero-order valence-corrected chi connectivity index (χ0v) is 47.6. The molecule has 0 N–H and O–H groups in total. The van der Waals surface area contributed by atoms with Gasteiger partial charge in [0.05, 0.1) is 0 Å². The Bertz CT molecular complexity index is 1490. The predicted molar refractivity (Wildman–Crippen MR) is 316 cm³/mol. The Labute approximate surface area is 450 Å². The Kier molecular flexibility index (Phi) is 57.4. The normalized spacial score (nSPS) is 12.9. The van der Waals surface area contributed by atoms with E-state index in [1.165, 1.54) is 109 Å². The average molecular weight is 1010 g/mol. The molecular formula is C67H112O6. The van der Waals surface area contributed by atoms with Gasteiger partial charge in [-0.15, -0.1) is 0 Å². The molecule has 0 spiro atoms. The van der Waals surface area contributed by atoms with Crippen LogP contribution in [0.5, 0.6) is 0 Å². The van der Waals surface area contributed by atoms with Crippen molar-refractivity contribution >= 4 is 17.9 Å². The molecule has 0 bridgehead atoms. The van der Waals surface area contributed by atoms with E-state index in [4.69, 9.17) is 14.2 Å². The third-order valence-corrected chi connectivity index (χ3v) is 12.8. The van der Waals surface area contributed by atoms with Crippen LogP contribution in [0.3, 0.4) is 0 Å². The van der Waals surface area contributed by atoms with Crippen molar-refractivity contribution in [2.24, 2.45) is 0 Å². The number of hydrogen-bond acceptors (Lipinski definition) is 6. The fourth-order valence-electron chi connectivity index (χ4n) is 8.22. The molecule has 0 aromatic carbocycles. The highest BCUT2D eigenvalue weighted by molar-refractivity contribution is 5.71. The molecule has 0 aliphatic carbocycles. The number of allylic oxidation sites excluding steroid dienone is 18. The van der Waals surface area contributed by atoms with Crippen LogP contribution in [0.15, 0.2) is 109 Å². The van der Waals surface area contributed by atoms with Crippen molar-refractivity contribution < 1.29 is 28.6 Å². The number of carbonyl (C=O) groups excluding carboxylic acids is 3. The van der Waals surface area contributed by atoms with Crippen LogP contribution >= 0.6 is 0 Å². The van der Waals surface area contributed by atoms with Crippen LogP contribution in [-0.4, -0.2) is 37.2 Å². The molecular weight excluding hydrogens is 901 g/mol. The lowest BCUT2D eigenvalue weighted by atomic mass is 10.1. The summed E-state index contributed by atoms with van der Waals surface area (Å²) in [6.45, 7) is 6.46. The van der Waals surface area contributed by atoms with Gasteiger partial charge in [0.1, 0.15) is 13.2 Å². The monoisotopic (exact) mass is 1010 g/mol. The van der Waals surface area contributed by atoms with Crippen molar-refractivity contribution in [3.8, 4) is 0 Å². The van der Waals surface area contributed by atoms with Gasteiger partial charge in [0.2, 0.25) is 0 Å². The predicted octanol–water partition coefficient (Wildman–Crippen LogP) is 20.7. The van der Waals surface area contributed by atoms with Gasteiger partial charge in [-0.25, -0.2) is 0 Å². The lowest BCUT2D eigenvalue weighted by molar-refractivity contribution is -0.167. The zero-order valence-electron chi connectivity index (χ0n) is 47.6. The average Bonchev–Trinajstić information content (AvgIpc) is 3.39. The largest absolute Gasteiger partial charge is 0.462 e. The standard InChI is InChI=1S/C67H112O6/c1-4-7-10-13-16-18-20-22-24-26-28-30-31-32-33-34-35-37-38-40-42-44-46-48-51-54-57-60-66(69)72-63-64(62-71-65(68)59-56-53-50-15-12-9-6-3)73-67(70)61-58-55-52-49-47-45-43-41-39-36-29-27-25-23-21-19-17-14-11-8-5-2/h7,10,16,18,21-24,27-30,32-33,35,37,39,41,64H,4-6,8-9,11-15,17,19-20,25-26,31,34,36,38,40,42-63H2,1-3H3/b10-7-,18-16-,23-21-,24-22-,29-27-,30-28-,33-32-,37-35-,41-39-. The van der Waals surface area contributed by atoms with Crippen LogP contribution < -0.4 is 0 Å². The molecule has 0 fully saturated rings. The van der Waals surface area contributed by atoms with E-state index in [-0.39, 0.29) is 31.1 Å².